The molecule has 1 aromatic carbocycles. The Morgan fingerprint density at radius 2 is 2.09 bits per heavy atom. The Labute approximate surface area is 208 Å². The van der Waals surface area contributed by atoms with Gasteiger partial charge in [-0.25, -0.2) is 18.9 Å². The summed E-state index contributed by atoms with van der Waals surface area (Å²) in [6.07, 6.45) is 6.25. The molecule has 0 saturated carbocycles. The van der Waals surface area contributed by atoms with Crippen molar-refractivity contribution in [3.05, 3.63) is 71.3 Å². The second-order valence-electron chi connectivity index (χ2n) is 9.34. The molecular weight excluding hydrogens is 473 g/mol. The van der Waals surface area contributed by atoms with Crippen LogP contribution in [-0.2, 0) is 11.3 Å². The van der Waals surface area contributed by atoms with Crippen LogP contribution in [0.5, 0.6) is 5.75 Å². The first-order valence-electron chi connectivity index (χ1n) is 11.2. The van der Waals surface area contributed by atoms with E-state index in [4.69, 9.17) is 21.1 Å². The lowest BCUT2D eigenvalue weighted by Crippen LogP contribution is -2.41. The summed E-state index contributed by atoms with van der Waals surface area (Å²) in [4.78, 5) is 22.4. The Balaban J connectivity index is 1.41. The Hall–Kier alpha value is -3.46. The van der Waals surface area contributed by atoms with Crippen LogP contribution in [0, 0.1) is 11.7 Å². The molecule has 1 amide bonds. The summed E-state index contributed by atoms with van der Waals surface area (Å²) in [5, 5.41) is 4.40. The summed E-state index contributed by atoms with van der Waals surface area (Å²) in [5.74, 6) is -0.364. The van der Waals surface area contributed by atoms with E-state index in [9.17, 15) is 9.18 Å². The van der Waals surface area contributed by atoms with Gasteiger partial charge in [0.15, 0.2) is 11.6 Å². The molecule has 0 saturated heterocycles. The van der Waals surface area contributed by atoms with Gasteiger partial charge in [-0.15, -0.1) is 0 Å². The summed E-state index contributed by atoms with van der Waals surface area (Å²) in [6.45, 7) is 8.58. The van der Waals surface area contributed by atoms with E-state index in [1.165, 1.54) is 29.5 Å². The van der Waals surface area contributed by atoms with Crippen molar-refractivity contribution in [2.24, 2.45) is 5.92 Å². The number of pyridine rings is 1. The summed E-state index contributed by atoms with van der Waals surface area (Å²) < 4.78 is 27.0. The minimum absolute atomic E-state index is 0.0136. The third kappa shape index (κ3) is 5.97. The molecule has 0 fully saturated rings. The van der Waals surface area contributed by atoms with Gasteiger partial charge in [-0.3, -0.25) is 4.98 Å². The fourth-order valence-corrected chi connectivity index (χ4v) is 3.98. The summed E-state index contributed by atoms with van der Waals surface area (Å²) in [6, 6.07) is 6.35. The van der Waals surface area contributed by atoms with E-state index >= 15 is 0 Å². The number of nitrogens with zero attached hydrogens (tertiary/aromatic N) is 5. The average Bonchev–Trinajstić information content (AvgIpc) is 3.33. The normalized spacial score (nSPS) is 16.1. The van der Waals surface area contributed by atoms with Gasteiger partial charge in [0.25, 0.3) is 0 Å². The Morgan fingerprint density at radius 3 is 2.71 bits per heavy atom. The SMILES string of the molecule is CC1CN(C(=O)OC(C)(C)C)CC=C1c1cnc(COc2ccc(-n3cncn3)cc2F)c(Cl)c1. The number of carbonyl (C=O) groups is 1. The van der Waals surface area contributed by atoms with Gasteiger partial charge in [0.1, 0.15) is 24.9 Å². The minimum atomic E-state index is -0.540. The maximum Gasteiger partial charge on any atom is 0.410 e. The van der Waals surface area contributed by atoms with Crippen LogP contribution in [0.2, 0.25) is 5.02 Å². The lowest BCUT2D eigenvalue weighted by atomic mass is 9.91. The van der Waals surface area contributed by atoms with E-state index in [-0.39, 0.29) is 24.4 Å². The molecule has 1 unspecified atom stereocenters. The monoisotopic (exact) mass is 499 g/mol. The average molecular weight is 500 g/mol. The highest BCUT2D eigenvalue weighted by molar-refractivity contribution is 6.31. The Bertz CT molecular complexity index is 1240. The predicted molar refractivity (Wildman–Crippen MR) is 130 cm³/mol. The third-order valence-corrected chi connectivity index (χ3v) is 5.75. The maximum atomic E-state index is 14.5. The first-order valence-corrected chi connectivity index (χ1v) is 11.6. The summed E-state index contributed by atoms with van der Waals surface area (Å²) in [5.41, 5.74) is 2.42. The molecule has 0 spiro atoms. The van der Waals surface area contributed by atoms with Crippen LogP contribution in [0.15, 0.2) is 49.2 Å². The number of benzene rings is 1. The molecule has 35 heavy (non-hydrogen) atoms. The van der Waals surface area contributed by atoms with Gasteiger partial charge in [-0.1, -0.05) is 24.6 Å². The molecule has 3 heterocycles. The van der Waals surface area contributed by atoms with E-state index < -0.39 is 11.4 Å². The molecule has 0 N–H and O–H groups in total. The van der Waals surface area contributed by atoms with E-state index in [1.807, 2.05) is 39.8 Å². The second kappa shape index (κ2) is 10.0. The van der Waals surface area contributed by atoms with Crippen LogP contribution in [0.3, 0.4) is 0 Å². The molecule has 8 nitrogen and oxygen atoms in total. The van der Waals surface area contributed by atoms with Crippen molar-refractivity contribution in [1.29, 1.82) is 0 Å². The maximum absolute atomic E-state index is 14.5. The van der Waals surface area contributed by atoms with Crippen molar-refractivity contribution >= 4 is 23.3 Å². The van der Waals surface area contributed by atoms with Gasteiger partial charge in [0.05, 0.1) is 16.4 Å². The molecule has 1 aliphatic rings. The second-order valence-corrected chi connectivity index (χ2v) is 9.75. The molecule has 0 radical (unpaired) electrons. The van der Waals surface area contributed by atoms with Gasteiger partial charge >= 0.3 is 6.09 Å². The van der Waals surface area contributed by atoms with Crippen LogP contribution in [0.4, 0.5) is 9.18 Å². The summed E-state index contributed by atoms with van der Waals surface area (Å²) >= 11 is 6.48. The number of amides is 1. The van der Waals surface area contributed by atoms with Crippen LogP contribution >= 0.6 is 11.6 Å². The quantitative estimate of drug-likeness (QED) is 0.473. The number of halogens is 2. The molecule has 0 bridgehead atoms. The third-order valence-electron chi connectivity index (χ3n) is 5.42. The van der Waals surface area contributed by atoms with Crippen LogP contribution in [0.1, 0.15) is 39.0 Å². The molecule has 3 aromatic rings. The first-order chi connectivity index (χ1) is 16.6. The number of aromatic nitrogens is 4. The Morgan fingerprint density at radius 1 is 1.29 bits per heavy atom. The van der Waals surface area contributed by atoms with Gasteiger partial charge in [-0.2, -0.15) is 5.10 Å². The molecule has 4 rings (SSSR count). The highest BCUT2D eigenvalue weighted by atomic mass is 35.5. The van der Waals surface area contributed by atoms with Crippen molar-refractivity contribution in [2.45, 2.75) is 39.9 Å². The zero-order valence-corrected chi connectivity index (χ0v) is 20.8. The number of ether oxygens (including phenoxy) is 2. The fourth-order valence-electron chi connectivity index (χ4n) is 3.76. The van der Waals surface area contributed by atoms with E-state index in [1.54, 1.807) is 17.2 Å². The van der Waals surface area contributed by atoms with E-state index in [0.717, 1.165) is 11.1 Å². The van der Waals surface area contributed by atoms with Gasteiger partial charge in [0, 0.05) is 25.4 Å². The van der Waals surface area contributed by atoms with Gasteiger partial charge in [-0.05, 0) is 56.0 Å². The smallest absolute Gasteiger partial charge is 0.410 e. The lowest BCUT2D eigenvalue weighted by molar-refractivity contribution is 0.0251. The molecule has 0 aliphatic carbocycles. The zero-order valence-electron chi connectivity index (χ0n) is 20.0. The van der Waals surface area contributed by atoms with Crippen LogP contribution in [-0.4, -0.2) is 49.4 Å². The van der Waals surface area contributed by atoms with Crippen LogP contribution in [0.25, 0.3) is 11.3 Å². The molecule has 1 atom stereocenters. The fraction of sp³-hybridized carbons (Fsp3) is 0.360. The van der Waals surface area contributed by atoms with Crippen molar-refractivity contribution in [3.8, 4) is 11.4 Å². The number of hydrogen-bond acceptors (Lipinski definition) is 6. The highest BCUT2D eigenvalue weighted by Gasteiger charge is 2.27. The van der Waals surface area contributed by atoms with Gasteiger partial charge in [0.2, 0.25) is 0 Å². The molecular formula is C25H27ClFN5O3. The molecule has 184 valence electrons. The summed E-state index contributed by atoms with van der Waals surface area (Å²) in [7, 11) is 0. The number of hydrogen-bond donors (Lipinski definition) is 0. The topological polar surface area (TPSA) is 82.4 Å². The van der Waals surface area contributed by atoms with Crippen molar-refractivity contribution < 1.29 is 18.7 Å². The largest absolute Gasteiger partial charge is 0.484 e. The molecule has 10 heteroatoms. The number of carbonyl (C=O) groups excluding carboxylic acids is 1. The van der Waals surface area contributed by atoms with Crippen LogP contribution < -0.4 is 4.74 Å². The minimum Gasteiger partial charge on any atom is -0.484 e. The van der Waals surface area contributed by atoms with Crippen molar-refractivity contribution in [2.75, 3.05) is 13.1 Å². The predicted octanol–water partition coefficient (Wildman–Crippen LogP) is 5.30. The lowest BCUT2D eigenvalue weighted by Gasteiger charge is -2.33. The van der Waals surface area contributed by atoms with Gasteiger partial charge < -0.3 is 14.4 Å². The first kappa shape index (κ1) is 24.7. The molecule has 1 aliphatic heterocycles. The Kier molecular flexibility index (Phi) is 7.07. The highest BCUT2D eigenvalue weighted by Crippen LogP contribution is 2.31. The standard InChI is InChI=1S/C25H27ClFN5O3/c1-16-12-31(24(33)35-25(2,3)4)8-7-19(16)17-9-20(26)22(29-11-17)13-34-23-6-5-18(10-21(23)27)32-15-28-14-30-32/h5-7,9-11,14-16H,8,12-13H2,1-4H3. The van der Waals surface area contributed by atoms with Crippen molar-refractivity contribution in [1.82, 2.24) is 24.6 Å². The van der Waals surface area contributed by atoms with E-state index in [0.29, 0.717) is 29.5 Å². The molecule has 2 aromatic heterocycles. The number of rotatable bonds is 5. The van der Waals surface area contributed by atoms with Crippen molar-refractivity contribution in [3.63, 3.8) is 0 Å². The zero-order chi connectivity index (χ0) is 25.2. The van der Waals surface area contributed by atoms with E-state index in [2.05, 4.69) is 15.1 Å².